The number of anilines is 1. The molecule has 1 rings (SSSR count). The van der Waals surface area contributed by atoms with Crippen LogP contribution >= 0.6 is 0 Å². The summed E-state index contributed by atoms with van der Waals surface area (Å²) in [7, 11) is 0. The molecule has 0 unspecified atom stereocenters. The van der Waals surface area contributed by atoms with Gasteiger partial charge in [0.25, 0.3) is 0 Å². The quantitative estimate of drug-likeness (QED) is 0.710. The highest BCUT2D eigenvalue weighted by atomic mass is 19.4. The van der Waals surface area contributed by atoms with Gasteiger partial charge in [0.15, 0.2) is 0 Å². The van der Waals surface area contributed by atoms with Crippen LogP contribution in [0.15, 0.2) is 24.3 Å². The molecule has 3 N–H and O–H groups in total. The smallest absolute Gasteiger partial charge is 0.344 e. The van der Waals surface area contributed by atoms with Gasteiger partial charge in [0.2, 0.25) is 0 Å². The minimum absolute atomic E-state index is 0.0243. The van der Waals surface area contributed by atoms with E-state index in [1.165, 1.54) is 24.3 Å². The lowest BCUT2D eigenvalue weighted by atomic mass is 10.2. The lowest BCUT2D eigenvalue weighted by Gasteiger charge is -2.11. The highest BCUT2D eigenvalue weighted by Gasteiger charge is 2.38. The summed E-state index contributed by atoms with van der Waals surface area (Å²) in [6.45, 7) is -0.361. The second-order valence-corrected chi connectivity index (χ2v) is 3.14. The van der Waals surface area contributed by atoms with Crippen LogP contribution in [0.2, 0.25) is 0 Å². The molecular weight excluding hydrogens is 241 g/mol. The minimum atomic E-state index is -4.93. The predicted molar refractivity (Wildman–Crippen MR) is 50.4 cm³/mol. The number of hydrogen-bond acceptors (Lipinski definition) is 4. The molecule has 1 aromatic carbocycles. The zero-order chi connectivity index (χ0) is 13.1. The fourth-order valence-corrected chi connectivity index (χ4v) is 1.07. The van der Waals surface area contributed by atoms with E-state index in [9.17, 15) is 18.0 Å². The number of nitrogens with zero attached hydrogens (tertiary/aromatic N) is 1. The fraction of sp³-hybridized carbons (Fsp3) is 0.222. The van der Waals surface area contributed by atoms with E-state index in [2.05, 4.69) is 0 Å². The molecular formula is C9H9F3N2O3. The summed E-state index contributed by atoms with van der Waals surface area (Å²) in [5, 5.41) is 18.8. The molecule has 0 radical (unpaired) electrons. The van der Waals surface area contributed by atoms with E-state index in [1.54, 1.807) is 5.32 Å². The first-order valence-corrected chi connectivity index (χ1v) is 4.42. The van der Waals surface area contributed by atoms with Crippen LogP contribution in [0, 0.1) is 0 Å². The second-order valence-electron chi connectivity index (χ2n) is 3.14. The third-order valence-corrected chi connectivity index (χ3v) is 1.85. The minimum Gasteiger partial charge on any atom is -0.344 e. The third-order valence-electron chi connectivity index (χ3n) is 1.85. The number of amides is 1. The van der Waals surface area contributed by atoms with Crippen LogP contribution in [0.5, 0.6) is 0 Å². The van der Waals surface area contributed by atoms with Gasteiger partial charge in [-0.25, -0.2) is 0 Å². The van der Waals surface area contributed by atoms with Crippen molar-refractivity contribution in [3.8, 4) is 0 Å². The number of carbonyl (C=O) groups is 1. The Morgan fingerprint density at radius 2 is 2.00 bits per heavy atom. The highest BCUT2D eigenvalue weighted by Crippen LogP contribution is 2.16. The Balaban J connectivity index is 2.64. The molecule has 0 atom stereocenters. The number of halogens is 3. The third kappa shape index (κ3) is 3.93. The second kappa shape index (κ2) is 5.02. The van der Waals surface area contributed by atoms with Crippen molar-refractivity contribution >= 4 is 11.6 Å². The van der Waals surface area contributed by atoms with Crippen LogP contribution in [-0.2, 0) is 11.3 Å². The van der Waals surface area contributed by atoms with E-state index in [0.717, 1.165) is 0 Å². The van der Waals surface area contributed by atoms with E-state index in [4.69, 9.17) is 10.4 Å². The summed E-state index contributed by atoms with van der Waals surface area (Å²) in [4.78, 5) is 10.5. The molecule has 17 heavy (non-hydrogen) atoms. The molecule has 0 aromatic heterocycles. The Bertz CT molecular complexity index is 407. The Hall–Kier alpha value is -1.80. The van der Waals surface area contributed by atoms with Gasteiger partial charge in [0.1, 0.15) is 0 Å². The fourth-order valence-electron chi connectivity index (χ4n) is 1.07. The molecule has 0 aliphatic heterocycles. The molecule has 0 saturated carbocycles. The van der Waals surface area contributed by atoms with Crippen molar-refractivity contribution in [2.24, 2.45) is 0 Å². The van der Waals surface area contributed by atoms with E-state index in [1.807, 2.05) is 0 Å². The number of carbonyl (C=O) groups excluding carboxylic acids is 1. The van der Waals surface area contributed by atoms with Crippen molar-refractivity contribution in [3.63, 3.8) is 0 Å². The number of hydrogen-bond donors (Lipinski definition) is 3. The zero-order valence-electron chi connectivity index (χ0n) is 8.40. The van der Waals surface area contributed by atoms with E-state index in [-0.39, 0.29) is 17.5 Å². The van der Waals surface area contributed by atoms with Crippen LogP contribution in [0.1, 0.15) is 5.56 Å². The molecule has 0 bridgehead atoms. The van der Waals surface area contributed by atoms with Crippen molar-refractivity contribution < 1.29 is 28.4 Å². The van der Waals surface area contributed by atoms with Crippen molar-refractivity contribution in [1.82, 2.24) is 5.32 Å². The van der Waals surface area contributed by atoms with Gasteiger partial charge in [-0.05, 0) is 17.7 Å². The molecule has 5 nitrogen and oxygen atoms in total. The predicted octanol–water partition coefficient (Wildman–Crippen LogP) is 1.45. The Morgan fingerprint density at radius 1 is 1.35 bits per heavy atom. The Labute approximate surface area is 94.0 Å². The maximum absolute atomic E-state index is 11.9. The van der Waals surface area contributed by atoms with E-state index in [0.29, 0.717) is 5.56 Å². The zero-order valence-corrected chi connectivity index (χ0v) is 8.40. The largest absolute Gasteiger partial charge is 0.471 e. The average molecular weight is 250 g/mol. The first-order chi connectivity index (χ1) is 7.80. The van der Waals surface area contributed by atoms with Gasteiger partial charge in [0, 0.05) is 6.54 Å². The highest BCUT2D eigenvalue weighted by molar-refractivity contribution is 5.81. The van der Waals surface area contributed by atoms with Gasteiger partial charge in [-0.2, -0.15) is 13.2 Å². The summed E-state index contributed by atoms with van der Waals surface area (Å²) in [5.41, 5.74) is 0.275. The van der Waals surface area contributed by atoms with Crippen LogP contribution < -0.4 is 10.5 Å². The molecule has 1 amide bonds. The molecule has 0 heterocycles. The summed E-state index contributed by atoms with van der Waals surface area (Å²) >= 11 is 0. The van der Waals surface area contributed by atoms with E-state index < -0.39 is 12.1 Å². The number of rotatable bonds is 3. The Morgan fingerprint density at radius 3 is 2.53 bits per heavy atom. The molecule has 0 aliphatic rings. The summed E-state index contributed by atoms with van der Waals surface area (Å²) < 4.78 is 35.6. The summed E-state index contributed by atoms with van der Waals surface area (Å²) in [6, 6.07) is 5.39. The lowest BCUT2D eigenvalue weighted by Crippen LogP contribution is -2.36. The molecule has 94 valence electrons. The van der Waals surface area contributed by atoms with Crippen LogP contribution in [0.3, 0.4) is 0 Å². The monoisotopic (exact) mass is 250 g/mol. The first kappa shape index (κ1) is 13.3. The van der Waals surface area contributed by atoms with Crippen LogP contribution in [-0.4, -0.2) is 22.5 Å². The SMILES string of the molecule is O=C(NCc1cccc(N(O)O)c1)C(F)(F)F. The van der Waals surface area contributed by atoms with Crippen LogP contribution in [0.25, 0.3) is 0 Å². The standard InChI is InChI=1S/C9H9F3N2O3/c10-9(11,12)8(15)13-5-6-2-1-3-7(4-6)14(16)17/h1-4,16-17H,5H2,(H,13,15). The van der Waals surface area contributed by atoms with Crippen molar-refractivity contribution in [3.05, 3.63) is 29.8 Å². The van der Waals surface area contributed by atoms with Gasteiger partial charge >= 0.3 is 12.1 Å². The topological polar surface area (TPSA) is 72.8 Å². The molecule has 0 fully saturated rings. The Kier molecular flexibility index (Phi) is 3.92. The molecule has 0 spiro atoms. The van der Waals surface area contributed by atoms with Gasteiger partial charge in [-0.1, -0.05) is 12.1 Å². The van der Waals surface area contributed by atoms with Crippen LogP contribution in [0.4, 0.5) is 18.9 Å². The lowest BCUT2D eigenvalue weighted by molar-refractivity contribution is -0.173. The molecule has 0 aliphatic carbocycles. The maximum atomic E-state index is 11.9. The van der Waals surface area contributed by atoms with Gasteiger partial charge in [-0.3, -0.25) is 15.2 Å². The summed E-state index contributed by atoms with van der Waals surface area (Å²) in [5.74, 6) is -2.05. The van der Waals surface area contributed by atoms with Crippen molar-refractivity contribution in [1.29, 1.82) is 0 Å². The number of alkyl halides is 3. The molecule has 0 saturated heterocycles. The molecule has 8 heteroatoms. The maximum Gasteiger partial charge on any atom is 0.471 e. The van der Waals surface area contributed by atoms with Gasteiger partial charge in [-0.15, -0.1) is 5.23 Å². The normalized spacial score (nSPS) is 11.1. The first-order valence-electron chi connectivity index (χ1n) is 4.42. The number of nitrogens with one attached hydrogen (secondary N) is 1. The van der Waals surface area contributed by atoms with Gasteiger partial charge in [0.05, 0.1) is 5.69 Å². The van der Waals surface area contributed by atoms with Crippen molar-refractivity contribution in [2.45, 2.75) is 12.7 Å². The van der Waals surface area contributed by atoms with E-state index >= 15 is 0 Å². The van der Waals surface area contributed by atoms with Crippen molar-refractivity contribution in [2.75, 3.05) is 5.23 Å². The average Bonchev–Trinajstić information content (AvgIpc) is 2.25. The number of benzene rings is 1. The summed E-state index contributed by atoms with van der Waals surface area (Å²) in [6.07, 6.45) is -4.93. The molecule has 1 aromatic rings. The van der Waals surface area contributed by atoms with Gasteiger partial charge < -0.3 is 5.32 Å².